The number of para-hydroxylation sites is 1. The summed E-state index contributed by atoms with van der Waals surface area (Å²) in [4.78, 5) is 5.24. The van der Waals surface area contributed by atoms with E-state index in [0.717, 1.165) is 11.2 Å². The summed E-state index contributed by atoms with van der Waals surface area (Å²) < 4.78 is 6.36. The molecule has 124 valence electrons. The van der Waals surface area contributed by atoms with Crippen LogP contribution in [0.2, 0.25) is 0 Å². The molecule has 3 nitrogen and oxygen atoms in total. The van der Waals surface area contributed by atoms with Crippen LogP contribution in [0.1, 0.15) is 32.3 Å². The number of rotatable bonds is 1. The highest BCUT2D eigenvalue weighted by molar-refractivity contribution is 6.09. The Morgan fingerprint density at radius 1 is 1.04 bits per heavy atom. The fourth-order valence-corrected chi connectivity index (χ4v) is 4.86. The van der Waals surface area contributed by atoms with Crippen molar-refractivity contribution in [2.75, 3.05) is 18.0 Å². The van der Waals surface area contributed by atoms with Gasteiger partial charge in [0.05, 0.1) is 11.9 Å². The lowest BCUT2D eigenvalue weighted by atomic mass is 9.82. The van der Waals surface area contributed by atoms with Gasteiger partial charge in [-0.25, -0.2) is 0 Å². The number of fused-ring (bicyclic) bond motifs is 6. The Labute approximate surface area is 142 Å². The average molecular weight is 320 g/mol. The minimum absolute atomic E-state index is 0.228. The molecule has 1 atom stereocenters. The molecule has 3 aliphatic heterocycles. The van der Waals surface area contributed by atoms with Crippen molar-refractivity contribution in [1.29, 1.82) is 0 Å². The lowest BCUT2D eigenvalue weighted by Gasteiger charge is -2.59. The van der Waals surface area contributed by atoms with Crippen molar-refractivity contribution in [3.8, 4) is 0 Å². The monoisotopic (exact) mass is 320 g/mol. The van der Waals surface area contributed by atoms with E-state index in [1.54, 1.807) is 0 Å². The van der Waals surface area contributed by atoms with E-state index in [0.29, 0.717) is 6.17 Å². The van der Waals surface area contributed by atoms with Crippen LogP contribution in [0.5, 0.6) is 0 Å². The predicted octanol–water partition coefficient (Wildman–Crippen LogP) is 4.91. The lowest BCUT2D eigenvalue weighted by molar-refractivity contribution is 0.0487. The maximum atomic E-state index is 6.36. The Balaban J connectivity index is 1.81. The second-order valence-electron chi connectivity index (χ2n) is 7.74. The van der Waals surface area contributed by atoms with Crippen LogP contribution in [-0.2, 0) is 0 Å². The molecule has 3 aromatic rings. The van der Waals surface area contributed by atoms with E-state index in [9.17, 15) is 0 Å². The molecular formula is C21H24N2O. The summed E-state index contributed by atoms with van der Waals surface area (Å²) in [5.74, 6) is 0. The van der Waals surface area contributed by atoms with Crippen LogP contribution in [0, 0.1) is 6.92 Å². The maximum absolute atomic E-state index is 6.36. The van der Waals surface area contributed by atoms with E-state index >= 15 is 0 Å². The fourth-order valence-electron chi connectivity index (χ4n) is 4.86. The van der Waals surface area contributed by atoms with E-state index in [1.807, 2.05) is 0 Å². The summed E-state index contributed by atoms with van der Waals surface area (Å²) in [6, 6.07) is 12.9. The zero-order chi connectivity index (χ0) is 16.5. The molecule has 0 N–H and O–H groups in total. The molecule has 0 spiro atoms. The van der Waals surface area contributed by atoms with E-state index in [4.69, 9.17) is 4.42 Å². The number of aryl methyl sites for hydroxylation is 1. The second-order valence-corrected chi connectivity index (χ2v) is 7.74. The SMILES string of the molecule is Cc1ccc2c(oc3ccccc32)c1N1[C@@H](C)N2CCC1(C)CC2. The van der Waals surface area contributed by atoms with Crippen LogP contribution in [-0.4, -0.2) is 29.7 Å². The van der Waals surface area contributed by atoms with E-state index < -0.39 is 0 Å². The molecule has 0 saturated carbocycles. The normalized spacial score (nSPS) is 29.7. The van der Waals surface area contributed by atoms with Gasteiger partial charge < -0.3 is 9.32 Å². The highest BCUT2D eigenvalue weighted by Crippen LogP contribution is 2.46. The quantitative estimate of drug-likeness (QED) is 0.635. The number of hydrogen-bond donors (Lipinski definition) is 0. The lowest BCUT2D eigenvalue weighted by Crippen LogP contribution is -2.68. The Hall–Kier alpha value is -2.00. The fraction of sp³-hybridized carbons (Fsp3) is 0.429. The zero-order valence-electron chi connectivity index (χ0n) is 14.7. The number of benzene rings is 2. The zero-order valence-corrected chi connectivity index (χ0v) is 14.7. The van der Waals surface area contributed by atoms with Gasteiger partial charge >= 0.3 is 0 Å². The molecule has 0 amide bonds. The molecule has 24 heavy (non-hydrogen) atoms. The number of anilines is 1. The molecule has 6 rings (SSSR count). The van der Waals surface area contributed by atoms with Gasteiger partial charge in [0.15, 0.2) is 5.58 Å². The molecule has 3 fully saturated rings. The number of hydrogen-bond acceptors (Lipinski definition) is 3. The van der Waals surface area contributed by atoms with Gasteiger partial charge in [-0.15, -0.1) is 0 Å². The summed E-state index contributed by atoms with van der Waals surface area (Å²) in [7, 11) is 0. The molecule has 3 saturated heterocycles. The summed E-state index contributed by atoms with van der Waals surface area (Å²) in [5.41, 5.74) is 4.87. The van der Waals surface area contributed by atoms with Gasteiger partial charge in [0, 0.05) is 29.4 Å². The summed E-state index contributed by atoms with van der Waals surface area (Å²) in [6.45, 7) is 9.42. The smallest absolute Gasteiger partial charge is 0.159 e. The summed E-state index contributed by atoms with van der Waals surface area (Å²) >= 11 is 0. The van der Waals surface area contributed by atoms with Crippen LogP contribution >= 0.6 is 0 Å². The first kappa shape index (κ1) is 14.4. The highest BCUT2D eigenvalue weighted by Gasteiger charge is 2.47. The average Bonchev–Trinajstić information content (AvgIpc) is 2.95. The molecule has 3 heteroatoms. The Kier molecular flexibility index (Phi) is 2.85. The molecule has 2 bridgehead atoms. The molecule has 0 radical (unpaired) electrons. The first-order chi connectivity index (χ1) is 11.6. The minimum Gasteiger partial charge on any atom is -0.454 e. The van der Waals surface area contributed by atoms with Gasteiger partial charge in [-0.2, -0.15) is 0 Å². The predicted molar refractivity (Wildman–Crippen MR) is 99.6 cm³/mol. The van der Waals surface area contributed by atoms with Crippen molar-refractivity contribution in [1.82, 2.24) is 4.90 Å². The Morgan fingerprint density at radius 2 is 1.79 bits per heavy atom. The van der Waals surface area contributed by atoms with Crippen molar-refractivity contribution in [3.63, 3.8) is 0 Å². The first-order valence-corrected chi connectivity index (χ1v) is 9.03. The van der Waals surface area contributed by atoms with E-state index in [2.05, 4.69) is 67.0 Å². The van der Waals surface area contributed by atoms with Crippen molar-refractivity contribution in [2.45, 2.75) is 45.3 Å². The van der Waals surface area contributed by atoms with Gasteiger partial charge in [-0.05, 0) is 45.2 Å². The summed E-state index contributed by atoms with van der Waals surface area (Å²) in [5, 5.41) is 2.45. The Morgan fingerprint density at radius 3 is 2.54 bits per heavy atom. The molecule has 1 aromatic heterocycles. The standard InChI is InChI=1S/C21H24N2O/c1-14-8-9-17-16-6-4-5-7-18(16)24-20(17)19(14)23-15(2)22-12-10-21(23,3)11-13-22/h4-9,15H,10-13H2,1-3H3/t15-/m0/s1. The number of nitrogens with zero attached hydrogens (tertiary/aromatic N) is 2. The Bertz CT molecular complexity index is 934. The van der Waals surface area contributed by atoms with E-state index in [-0.39, 0.29) is 5.54 Å². The van der Waals surface area contributed by atoms with Gasteiger partial charge in [0.25, 0.3) is 0 Å². The topological polar surface area (TPSA) is 19.6 Å². The van der Waals surface area contributed by atoms with E-state index in [1.165, 1.54) is 48.0 Å². The van der Waals surface area contributed by atoms with Crippen LogP contribution < -0.4 is 4.90 Å². The van der Waals surface area contributed by atoms with Crippen LogP contribution in [0.4, 0.5) is 5.69 Å². The van der Waals surface area contributed by atoms with Gasteiger partial charge in [0.2, 0.25) is 0 Å². The number of piperidine rings is 1. The minimum atomic E-state index is 0.228. The molecule has 0 unspecified atom stereocenters. The summed E-state index contributed by atoms with van der Waals surface area (Å²) in [6.07, 6.45) is 2.89. The van der Waals surface area contributed by atoms with Crippen molar-refractivity contribution in [2.24, 2.45) is 0 Å². The molecule has 3 aliphatic rings. The van der Waals surface area contributed by atoms with Gasteiger partial charge in [-0.1, -0.05) is 30.3 Å². The van der Waals surface area contributed by atoms with Gasteiger partial charge in [0.1, 0.15) is 5.58 Å². The van der Waals surface area contributed by atoms with Crippen LogP contribution in [0.15, 0.2) is 40.8 Å². The highest BCUT2D eigenvalue weighted by atomic mass is 16.3. The van der Waals surface area contributed by atoms with Gasteiger partial charge in [-0.3, -0.25) is 4.90 Å². The van der Waals surface area contributed by atoms with Crippen molar-refractivity contribution in [3.05, 3.63) is 42.0 Å². The largest absolute Gasteiger partial charge is 0.454 e. The van der Waals surface area contributed by atoms with Crippen LogP contribution in [0.25, 0.3) is 21.9 Å². The van der Waals surface area contributed by atoms with Crippen molar-refractivity contribution >= 4 is 27.6 Å². The second kappa shape index (κ2) is 4.76. The first-order valence-electron chi connectivity index (χ1n) is 9.03. The van der Waals surface area contributed by atoms with Crippen LogP contribution in [0.3, 0.4) is 0 Å². The van der Waals surface area contributed by atoms with Crippen molar-refractivity contribution < 1.29 is 4.42 Å². The molecule has 2 aromatic carbocycles. The third-order valence-corrected chi connectivity index (χ3v) is 6.32. The number of furan rings is 1. The molecule has 4 heterocycles. The molecular weight excluding hydrogens is 296 g/mol. The maximum Gasteiger partial charge on any atom is 0.159 e. The third-order valence-electron chi connectivity index (χ3n) is 6.32. The third kappa shape index (κ3) is 1.76. The molecule has 0 aliphatic carbocycles.